The third kappa shape index (κ3) is 1.62. The van der Waals surface area contributed by atoms with Gasteiger partial charge in [-0.1, -0.05) is 0 Å². The minimum Gasteiger partial charge on any atom is -0.464 e. The Labute approximate surface area is 93.3 Å². The normalized spacial score (nSPS) is 34.4. The van der Waals surface area contributed by atoms with E-state index in [4.69, 9.17) is 4.74 Å². The smallest absolute Gasteiger partial charge is 0.329 e. The Morgan fingerprint density at radius 2 is 2.47 bits per heavy atom. The fourth-order valence-electron chi connectivity index (χ4n) is 2.23. The van der Waals surface area contributed by atoms with E-state index in [1.165, 1.54) is 0 Å². The third-order valence-corrected chi connectivity index (χ3v) is 4.51. The maximum atomic E-state index is 11.7. The molecule has 0 aromatic heterocycles. The summed E-state index contributed by atoms with van der Waals surface area (Å²) < 4.78 is 4.98. The van der Waals surface area contributed by atoms with Crippen molar-refractivity contribution in [3.63, 3.8) is 0 Å². The number of rotatable bonds is 2. The van der Waals surface area contributed by atoms with Crippen LogP contribution >= 0.6 is 11.8 Å². The molecule has 0 N–H and O–H groups in total. The Morgan fingerprint density at radius 1 is 1.73 bits per heavy atom. The van der Waals surface area contributed by atoms with Gasteiger partial charge in [-0.05, 0) is 20.3 Å². The molecule has 2 unspecified atom stereocenters. The fraction of sp³-hybridized carbons (Fsp3) is 0.800. The quantitative estimate of drug-likeness (QED) is 0.663. The van der Waals surface area contributed by atoms with Gasteiger partial charge in [0.1, 0.15) is 6.04 Å². The first-order valence-electron chi connectivity index (χ1n) is 5.21. The number of hydrogen-bond donors (Lipinski definition) is 0. The zero-order valence-corrected chi connectivity index (χ0v) is 9.80. The van der Waals surface area contributed by atoms with Crippen LogP contribution in [0.15, 0.2) is 0 Å². The highest BCUT2D eigenvalue weighted by atomic mass is 32.2. The summed E-state index contributed by atoms with van der Waals surface area (Å²) in [5.41, 5.74) is 0. The Bertz CT molecular complexity index is 307. The molecule has 2 fully saturated rings. The van der Waals surface area contributed by atoms with E-state index >= 15 is 0 Å². The van der Waals surface area contributed by atoms with Crippen molar-refractivity contribution in [1.82, 2.24) is 4.90 Å². The van der Waals surface area contributed by atoms with Gasteiger partial charge in [-0.15, -0.1) is 11.8 Å². The number of fused-ring (bicyclic) bond motifs is 1. The lowest BCUT2D eigenvalue weighted by Crippen LogP contribution is -2.46. The molecule has 2 aliphatic rings. The first kappa shape index (κ1) is 10.8. The van der Waals surface area contributed by atoms with E-state index in [1.54, 1.807) is 23.6 Å². The number of carbonyl (C=O) groups excluding carboxylic acids is 2. The lowest BCUT2D eigenvalue weighted by molar-refractivity contribution is -0.153. The van der Waals surface area contributed by atoms with Crippen LogP contribution in [0.4, 0.5) is 0 Å². The summed E-state index contributed by atoms with van der Waals surface area (Å²) in [5.74, 6) is 0.491. The molecule has 0 aromatic rings. The predicted molar refractivity (Wildman–Crippen MR) is 57.4 cm³/mol. The third-order valence-electron chi connectivity index (χ3n) is 3.00. The number of amides is 1. The molecule has 0 spiro atoms. The van der Waals surface area contributed by atoms with Crippen LogP contribution in [0.5, 0.6) is 0 Å². The van der Waals surface area contributed by atoms with Crippen LogP contribution in [0.3, 0.4) is 0 Å². The average Bonchev–Trinajstić information content (AvgIpc) is 2.66. The summed E-state index contributed by atoms with van der Waals surface area (Å²) >= 11 is 1.69. The highest BCUT2D eigenvalue weighted by molar-refractivity contribution is 8.01. The molecule has 0 saturated carbocycles. The van der Waals surface area contributed by atoms with Crippen molar-refractivity contribution in [1.29, 1.82) is 0 Å². The van der Waals surface area contributed by atoms with Crippen LogP contribution in [-0.4, -0.2) is 40.0 Å². The molecular formula is C10H15NO3S. The van der Waals surface area contributed by atoms with E-state index in [9.17, 15) is 9.59 Å². The molecule has 2 aliphatic heterocycles. The van der Waals surface area contributed by atoms with Crippen molar-refractivity contribution in [3.8, 4) is 0 Å². The molecule has 84 valence electrons. The second kappa shape index (κ2) is 3.70. The van der Waals surface area contributed by atoms with Crippen molar-refractivity contribution in [3.05, 3.63) is 0 Å². The molecule has 1 amide bonds. The van der Waals surface area contributed by atoms with E-state index < -0.39 is 0 Å². The molecule has 2 rings (SSSR count). The van der Waals surface area contributed by atoms with Gasteiger partial charge in [-0.3, -0.25) is 4.79 Å². The highest BCUT2D eigenvalue weighted by Crippen LogP contribution is 2.47. The second-order valence-corrected chi connectivity index (χ2v) is 5.52. The summed E-state index contributed by atoms with van der Waals surface area (Å²) in [5, 5.41) is 0. The minimum absolute atomic E-state index is 0.0838. The molecule has 2 heterocycles. The summed E-state index contributed by atoms with van der Waals surface area (Å²) in [6.45, 7) is 4.19. The predicted octanol–water partition coefficient (Wildman–Crippen LogP) is 1.00. The molecule has 0 radical (unpaired) electrons. The van der Waals surface area contributed by atoms with Crippen LogP contribution in [0.2, 0.25) is 0 Å². The molecule has 2 atom stereocenters. The van der Waals surface area contributed by atoms with Crippen molar-refractivity contribution < 1.29 is 14.3 Å². The van der Waals surface area contributed by atoms with Gasteiger partial charge in [0.25, 0.3) is 0 Å². The van der Waals surface area contributed by atoms with Gasteiger partial charge in [0.15, 0.2) is 0 Å². The van der Waals surface area contributed by atoms with Crippen molar-refractivity contribution in [2.45, 2.75) is 37.6 Å². The van der Waals surface area contributed by atoms with Crippen LogP contribution in [-0.2, 0) is 14.3 Å². The van der Waals surface area contributed by atoms with Gasteiger partial charge in [0, 0.05) is 12.2 Å². The number of thioether (sulfide) groups is 1. The summed E-state index contributed by atoms with van der Waals surface area (Å²) in [4.78, 5) is 24.9. The van der Waals surface area contributed by atoms with E-state index in [0.29, 0.717) is 18.8 Å². The van der Waals surface area contributed by atoms with Crippen LogP contribution in [0, 0.1) is 0 Å². The molecule has 2 saturated heterocycles. The SMILES string of the molecule is CCOC(=O)C1CSC2(C)CCC(=O)N12. The topological polar surface area (TPSA) is 46.6 Å². The van der Waals surface area contributed by atoms with Crippen molar-refractivity contribution in [2.75, 3.05) is 12.4 Å². The molecule has 0 aliphatic carbocycles. The lowest BCUT2D eigenvalue weighted by Gasteiger charge is -2.29. The van der Waals surface area contributed by atoms with Crippen molar-refractivity contribution in [2.24, 2.45) is 0 Å². The van der Waals surface area contributed by atoms with Gasteiger partial charge in [-0.2, -0.15) is 0 Å². The molecular weight excluding hydrogens is 214 g/mol. The maximum Gasteiger partial charge on any atom is 0.329 e. The standard InChI is InChI=1S/C10H15NO3S/c1-3-14-9(13)7-6-15-10(2)5-4-8(12)11(7)10/h7H,3-6H2,1-2H3. The Morgan fingerprint density at radius 3 is 3.13 bits per heavy atom. The van der Waals surface area contributed by atoms with Gasteiger partial charge < -0.3 is 9.64 Å². The highest BCUT2D eigenvalue weighted by Gasteiger charge is 2.53. The van der Waals surface area contributed by atoms with Crippen LogP contribution in [0.25, 0.3) is 0 Å². The number of hydrogen-bond acceptors (Lipinski definition) is 4. The summed E-state index contributed by atoms with van der Waals surface area (Å²) in [6.07, 6.45) is 1.39. The van der Waals surface area contributed by atoms with Crippen LogP contribution < -0.4 is 0 Å². The molecule has 0 aromatic carbocycles. The lowest BCUT2D eigenvalue weighted by atomic mass is 10.2. The monoisotopic (exact) mass is 229 g/mol. The van der Waals surface area contributed by atoms with Gasteiger partial charge in [0.2, 0.25) is 5.91 Å². The van der Waals surface area contributed by atoms with E-state index in [-0.39, 0.29) is 22.8 Å². The molecule has 4 nitrogen and oxygen atoms in total. The van der Waals surface area contributed by atoms with E-state index in [0.717, 1.165) is 6.42 Å². The first-order chi connectivity index (χ1) is 7.08. The fourth-order valence-corrected chi connectivity index (χ4v) is 3.65. The Kier molecular flexibility index (Phi) is 2.66. The second-order valence-electron chi connectivity index (χ2n) is 4.02. The van der Waals surface area contributed by atoms with Crippen LogP contribution in [0.1, 0.15) is 26.7 Å². The zero-order chi connectivity index (χ0) is 11.1. The van der Waals surface area contributed by atoms with Crippen molar-refractivity contribution >= 4 is 23.6 Å². The average molecular weight is 229 g/mol. The Hall–Kier alpha value is -0.710. The number of ether oxygens (including phenoxy) is 1. The molecule has 5 heteroatoms. The van der Waals surface area contributed by atoms with Gasteiger partial charge in [-0.25, -0.2) is 4.79 Å². The Balaban J connectivity index is 2.16. The zero-order valence-electron chi connectivity index (χ0n) is 8.99. The number of carbonyl (C=O) groups is 2. The largest absolute Gasteiger partial charge is 0.464 e. The van der Waals surface area contributed by atoms with Gasteiger partial charge in [0.05, 0.1) is 11.5 Å². The summed E-state index contributed by atoms with van der Waals surface area (Å²) in [7, 11) is 0. The number of nitrogens with zero attached hydrogens (tertiary/aromatic N) is 1. The molecule has 0 bridgehead atoms. The van der Waals surface area contributed by atoms with E-state index in [2.05, 4.69) is 0 Å². The number of esters is 1. The minimum atomic E-state index is -0.366. The maximum absolute atomic E-state index is 11.7. The first-order valence-corrected chi connectivity index (χ1v) is 6.20. The summed E-state index contributed by atoms with van der Waals surface area (Å²) in [6, 6.07) is -0.366. The van der Waals surface area contributed by atoms with E-state index in [1.807, 2.05) is 6.92 Å². The molecule has 15 heavy (non-hydrogen) atoms. The van der Waals surface area contributed by atoms with Gasteiger partial charge >= 0.3 is 5.97 Å².